The highest BCUT2D eigenvalue weighted by Crippen LogP contribution is 2.39. The molecule has 0 atom stereocenters. The number of esters is 1. The number of rotatable bonds is 6. The maximum atomic E-state index is 12.0. The highest BCUT2D eigenvalue weighted by atomic mass is 79.9. The van der Waals surface area contributed by atoms with Crippen molar-refractivity contribution in [3.8, 4) is 21.0 Å². The van der Waals surface area contributed by atoms with Gasteiger partial charge < -0.3 is 4.74 Å². The van der Waals surface area contributed by atoms with Crippen LogP contribution in [0.3, 0.4) is 0 Å². The number of ether oxygens (including phenoxy) is 1. The van der Waals surface area contributed by atoms with Gasteiger partial charge in [-0.05, 0) is 53.7 Å². The van der Waals surface area contributed by atoms with Gasteiger partial charge in [-0.2, -0.15) is 5.10 Å². The van der Waals surface area contributed by atoms with Crippen LogP contribution in [0.2, 0.25) is 0 Å². The van der Waals surface area contributed by atoms with Gasteiger partial charge in [-0.1, -0.05) is 29.8 Å². The summed E-state index contributed by atoms with van der Waals surface area (Å²) < 4.78 is 7.80. The molecule has 0 amide bonds. The van der Waals surface area contributed by atoms with E-state index in [4.69, 9.17) is 4.74 Å². The van der Waals surface area contributed by atoms with Crippen LogP contribution in [0.5, 0.6) is 0 Å². The number of aromatic nitrogens is 2. The molecule has 0 bridgehead atoms. The van der Waals surface area contributed by atoms with Crippen molar-refractivity contribution in [1.29, 1.82) is 0 Å². The van der Waals surface area contributed by atoms with Crippen LogP contribution < -0.4 is 0 Å². The van der Waals surface area contributed by atoms with Gasteiger partial charge in [0.15, 0.2) is 0 Å². The Bertz CT molecular complexity index is 934. The fourth-order valence-electron chi connectivity index (χ4n) is 2.62. The smallest absolute Gasteiger partial charge is 0.328 e. The topological polar surface area (TPSA) is 44.1 Å². The lowest BCUT2D eigenvalue weighted by atomic mass is 10.1. The summed E-state index contributed by atoms with van der Waals surface area (Å²) in [6.45, 7) is 4.11. The summed E-state index contributed by atoms with van der Waals surface area (Å²) in [5.74, 6) is 0.0672. The summed E-state index contributed by atoms with van der Waals surface area (Å²) in [5, 5.41) is 4.50. The Morgan fingerprint density at radius 3 is 2.77 bits per heavy atom. The number of aryl methyl sites for hydroxylation is 2. The van der Waals surface area contributed by atoms with Crippen LogP contribution in [-0.4, -0.2) is 27.9 Å². The van der Waals surface area contributed by atoms with E-state index in [-0.39, 0.29) is 12.5 Å². The molecule has 3 rings (SSSR count). The molecular formula is C19H19BrN2O2S2. The van der Waals surface area contributed by atoms with E-state index in [1.165, 1.54) is 27.8 Å². The first-order chi connectivity index (χ1) is 12.5. The number of hydrogen-bond donors (Lipinski definition) is 0. The van der Waals surface area contributed by atoms with Crippen LogP contribution in [-0.2, 0) is 16.1 Å². The fraction of sp³-hybridized carbons (Fsp3) is 0.263. The third kappa shape index (κ3) is 4.22. The van der Waals surface area contributed by atoms with E-state index < -0.39 is 0 Å². The molecule has 1 aromatic carbocycles. The molecule has 0 saturated carbocycles. The van der Waals surface area contributed by atoms with E-state index in [0.717, 1.165) is 20.7 Å². The second kappa shape index (κ2) is 8.41. The quantitative estimate of drug-likeness (QED) is 0.366. The summed E-state index contributed by atoms with van der Waals surface area (Å²) in [4.78, 5) is 14.3. The molecule has 4 nitrogen and oxygen atoms in total. The first kappa shape index (κ1) is 19.2. The molecule has 26 heavy (non-hydrogen) atoms. The summed E-state index contributed by atoms with van der Waals surface area (Å²) in [5.41, 5.74) is 4.19. The summed E-state index contributed by atoms with van der Waals surface area (Å²) in [7, 11) is 0. The first-order valence-corrected chi connectivity index (χ1v) is 11.0. The Morgan fingerprint density at radius 2 is 2.04 bits per heavy atom. The predicted octanol–water partition coefficient (Wildman–Crippen LogP) is 5.52. The van der Waals surface area contributed by atoms with Crippen molar-refractivity contribution in [3.05, 3.63) is 52.1 Å². The van der Waals surface area contributed by atoms with Gasteiger partial charge in [0.25, 0.3) is 0 Å². The number of thioether (sulfide) groups is 1. The predicted molar refractivity (Wildman–Crippen MR) is 113 cm³/mol. The second-order valence-corrected chi connectivity index (χ2v) is 8.55. The molecule has 0 unspecified atom stereocenters. The van der Waals surface area contributed by atoms with Crippen LogP contribution in [0.4, 0.5) is 0 Å². The Hall–Kier alpha value is -1.57. The molecule has 0 aliphatic carbocycles. The second-order valence-electron chi connectivity index (χ2n) is 5.86. The van der Waals surface area contributed by atoms with Crippen LogP contribution in [0.25, 0.3) is 21.0 Å². The summed E-state index contributed by atoms with van der Waals surface area (Å²) >= 11 is 6.78. The Balaban J connectivity index is 1.93. The van der Waals surface area contributed by atoms with E-state index >= 15 is 0 Å². The number of thiophene rings is 1. The minimum absolute atomic E-state index is 0.0972. The van der Waals surface area contributed by atoms with Gasteiger partial charge in [-0.15, -0.1) is 23.1 Å². The monoisotopic (exact) mass is 450 g/mol. The fourth-order valence-corrected chi connectivity index (χ4v) is 4.56. The van der Waals surface area contributed by atoms with Crippen molar-refractivity contribution >= 4 is 45.0 Å². The number of carbonyl (C=O) groups is 1. The van der Waals surface area contributed by atoms with Crippen molar-refractivity contribution in [2.24, 2.45) is 0 Å². The zero-order valence-corrected chi connectivity index (χ0v) is 18.0. The minimum Gasteiger partial charge on any atom is -0.453 e. The highest BCUT2D eigenvalue weighted by molar-refractivity contribution is 9.10. The maximum Gasteiger partial charge on any atom is 0.328 e. The average molecular weight is 451 g/mol. The molecule has 0 aliphatic rings. The zero-order chi connectivity index (χ0) is 18.7. The van der Waals surface area contributed by atoms with E-state index in [0.29, 0.717) is 5.94 Å². The van der Waals surface area contributed by atoms with Crippen LogP contribution in [0.15, 0.2) is 40.9 Å². The number of hydrogen-bond acceptors (Lipinski definition) is 5. The van der Waals surface area contributed by atoms with Crippen molar-refractivity contribution in [3.63, 3.8) is 0 Å². The van der Waals surface area contributed by atoms with Gasteiger partial charge in [0.1, 0.15) is 12.5 Å². The molecule has 0 N–H and O–H groups in total. The molecule has 0 fully saturated rings. The molecule has 7 heteroatoms. The molecule has 0 aliphatic heterocycles. The zero-order valence-electron chi connectivity index (χ0n) is 14.8. The SMILES string of the molecule is CSCOC(=O)Cn1nc(C)c(Br)c1-c1ccc(-c2cccc(C)c2)s1. The van der Waals surface area contributed by atoms with Crippen molar-refractivity contribution in [1.82, 2.24) is 9.78 Å². The molecule has 136 valence electrons. The number of halogens is 1. The molecule has 0 spiro atoms. The van der Waals surface area contributed by atoms with Gasteiger partial charge >= 0.3 is 5.97 Å². The van der Waals surface area contributed by atoms with E-state index in [1.807, 2.05) is 13.2 Å². The molecule has 2 heterocycles. The Labute approximate surface area is 169 Å². The minimum atomic E-state index is -0.286. The molecular weight excluding hydrogens is 432 g/mol. The van der Waals surface area contributed by atoms with Gasteiger partial charge in [0.2, 0.25) is 0 Å². The number of nitrogens with zero attached hydrogens (tertiary/aromatic N) is 2. The standard InChI is InChI=1S/C19H19BrN2O2S2/c1-12-5-4-6-14(9-12)15-7-8-16(26-15)19-18(20)13(2)21-22(19)10-17(23)24-11-25-3/h4-9H,10-11H2,1-3H3. The van der Waals surface area contributed by atoms with E-state index in [1.54, 1.807) is 16.0 Å². The van der Waals surface area contributed by atoms with Gasteiger partial charge in [-0.3, -0.25) is 9.48 Å². The lowest BCUT2D eigenvalue weighted by Crippen LogP contribution is -2.15. The number of benzene rings is 1. The molecule has 0 saturated heterocycles. The molecule has 0 radical (unpaired) electrons. The van der Waals surface area contributed by atoms with Crippen molar-refractivity contribution < 1.29 is 9.53 Å². The van der Waals surface area contributed by atoms with Crippen LogP contribution in [0.1, 0.15) is 11.3 Å². The largest absolute Gasteiger partial charge is 0.453 e. The van der Waals surface area contributed by atoms with Gasteiger partial charge in [0.05, 0.1) is 20.7 Å². The Kier molecular flexibility index (Phi) is 6.21. The van der Waals surface area contributed by atoms with Crippen LogP contribution in [0, 0.1) is 13.8 Å². The summed E-state index contributed by atoms with van der Waals surface area (Å²) in [6, 6.07) is 12.6. The van der Waals surface area contributed by atoms with Crippen LogP contribution >= 0.6 is 39.0 Å². The highest BCUT2D eigenvalue weighted by Gasteiger charge is 2.19. The van der Waals surface area contributed by atoms with Crippen molar-refractivity contribution in [2.45, 2.75) is 20.4 Å². The Morgan fingerprint density at radius 1 is 1.27 bits per heavy atom. The maximum absolute atomic E-state index is 12.0. The third-order valence-electron chi connectivity index (χ3n) is 3.81. The normalized spacial score (nSPS) is 10.9. The van der Waals surface area contributed by atoms with Gasteiger partial charge in [-0.25, -0.2) is 0 Å². The number of carbonyl (C=O) groups excluding carboxylic acids is 1. The first-order valence-electron chi connectivity index (χ1n) is 8.04. The van der Waals surface area contributed by atoms with Crippen molar-refractivity contribution in [2.75, 3.05) is 12.2 Å². The van der Waals surface area contributed by atoms with E-state index in [9.17, 15) is 4.79 Å². The lowest BCUT2D eigenvalue weighted by molar-refractivity contribution is -0.142. The molecule has 3 aromatic rings. The average Bonchev–Trinajstić information content (AvgIpc) is 3.18. The third-order valence-corrected chi connectivity index (χ3v) is 6.26. The lowest BCUT2D eigenvalue weighted by Gasteiger charge is -2.07. The molecule has 2 aromatic heterocycles. The van der Waals surface area contributed by atoms with E-state index in [2.05, 4.69) is 64.4 Å². The summed E-state index contributed by atoms with van der Waals surface area (Å²) in [6.07, 6.45) is 1.89. The van der Waals surface area contributed by atoms with Gasteiger partial charge in [0, 0.05) is 4.88 Å².